The van der Waals surface area contributed by atoms with Crippen LogP contribution in [0.4, 0.5) is 10.5 Å². The molecule has 1 aromatic rings. The van der Waals surface area contributed by atoms with Crippen molar-refractivity contribution in [2.75, 3.05) is 37.7 Å². The van der Waals surface area contributed by atoms with Gasteiger partial charge in [-0.25, -0.2) is 9.80 Å². The summed E-state index contributed by atoms with van der Waals surface area (Å²) in [6.45, 7) is 1.87. The Kier molecular flexibility index (Phi) is 4.91. The molecule has 2 amide bonds. The molecule has 1 aliphatic heterocycles. The number of carbonyl (C=O) groups is 2. The van der Waals surface area contributed by atoms with Crippen LogP contribution < -0.4 is 10.3 Å². The summed E-state index contributed by atoms with van der Waals surface area (Å²) >= 11 is 0. The zero-order valence-corrected chi connectivity index (χ0v) is 11.0. The molecule has 2 rings (SSSR count). The molecule has 20 heavy (non-hydrogen) atoms. The van der Waals surface area contributed by atoms with E-state index in [1.165, 1.54) is 4.90 Å². The Morgan fingerprint density at radius 1 is 1.25 bits per heavy atom. The standard InChI is InChI=1S/C13H17N3O4/c17-12(18)10-16(11-4-2-1-3-5-11)13(19)14-15-6-8-20-9-7-15/h1-5H,6-10H2,(H,14,19)(H,17,18). The van der Waals surface area contributed by atoms with Crippen molar-refractivity contribution in [3.05, 3.63) is 30.3 Å². The molecule has 0 atom stereocenters. The number of carboxylic acid groups (broad SMARTS) is 1. The lowest BCUT2D eigenvalue weighted by Crippen LogP contribution is -2.53. The van der Waals surface area contributed by atoms with Gasteiger partial charge in [-0.3, -0.25) is 15.1 Å². The molecule has 7 heteroatoms. The maximum Gasteiger partial charge on any atom is 0.336 e. The molecule has 108 valence electrons. The first-order valence-electron chi connectivity index (χ1n) is 6.34. The van der Waals surface area contributed by atoms with E-state index in [2.05, 4.69) is 5.43 Å². The van der Waals surface area contributed by atoms with Crippen LogP contribution in [0.5, 0.6) is 0 Å². The fraction of sp³-hybridized carbons (Fsp3) is 0.385. The SMILES string of the molecule is O=C(O)CN(C(=O)NN1CCOCC1)c1ccccc1. The number of aliphatic carboxylic acids is 1. The Morgan fingerprint density at radius 3 is 2.50 bits per heavy atom. The third-order valence-corrected chi connectivity index (χ3v) is 2.87. The minimum absolute atomic E-state index is 0.389. The van der Waals surface area contributed by atoms with Crippen LogP contribution in [-0.4, -0.2) is 55.0 Å². The van der Waals surface area contributed by atoms with E-state index in [1.54, 1.807) is 29.3 Å². The van der Waals surface area contributed by atoms with Gasteiger partial charge in [0.2, 0.25) is 0 Å². The van der Waals surface area contributed by atoms with Gasteiger partial charge in [-0.15, -0.1) is 0 Å². The Hall–Kier alpha value is -2.12. The summed E-state index contributed by atoms with van der Waals surface area (Å²) in [5.74, 6) is -1.06. The topological polar surface area (TPSA) is 82.1 Å². The molecular weight excluding hydrogens is 262 g/mol. The second kappa shape index (κ2) is 6.88. The van der Waals surface area contributed by atoms with Crippen molar-refractivity contribution in [3.63, 3.8) is 0 Å². The second-order valence-corrected chi connectivity index (χ2v) is 4.33. The summed E-state index contributed by atoms with van der Waals surface area (Å²) in [6.07, 6.45) is 0. The zero-order chi connectivity index (χ0) is 14.4. The van der Waals surface area contributed by atoms with E-state index in [0.717, 1.165) is 0 Å². The lowest BCUT2D eigenvalue weighted by Gasteiger charge is -2.30. The molecule has 7 nitrogen and oxygen atoms in total. The Labute approximate surface area is 116 Å². The molecule has 0 bridgehead atoms. The molecule has 0 radical (unpaired) electrons. The van der Waals surface area contributed by atoms with Crippen LogP contribution in [0.2, 0.25) is 0 Å². The highest BCUT2D eigenvalue weighted by Gasteiger charge is 2.21. The van der Waals surface area contributed by atoms with Crippen LogP contribution in [0.25, 0.3) is 0 Å². The maximum atomic E-state index is 12.2. The Bertz CT molecular complexity index is 460. The van der Waals surface area contributed by atoms with Crippen molar-refractivity contribution >= 4 is 17.7 Å². The first kappa shape index (κ1) is 14.3. The van der Waals surface area contributed by atoms with E-state index in [0.29, 0.717) is 32.0 Å². The number of rotatable bonds is 4. The predicted molar refractivity (Wildman–Crippen MR) is 72.3 cm³/mol. The first-order chi connectivity index (χ1) is 9.66. The molecule has 0 spiro atoms. The predicted octanol–water partition coefficient (Wildman–Crippen LogP) is 0.534. The number of carboxylic acids is 1. The highest BCUT2D eigenvalue weighted by atomic mass is 16.5. The van der Waals surface area contributed by atoms with Gasteiger partial charge in [0.1, 0.15) is 6.54 Å². The largest absolute Gasteiger partial charge is 0.480 e. The van der Waals surface area contributed by atoms with Gasteiger partial charge in [0.15, 0.2) is 0 Å². The van der Waals surface area contributed by atoms with Crippen molar-refractivity contribution in [3.8, 4) is 0 Å². The number of anilines is 1. The molecule has 0 unspecified atom stereocenters. The van der Waals surface area contributed by atoms with Crippen LogP contribution in [0.1, 0.15) is 0 Å². The fourth-order valence-corrected chi connectivity index (χ4v) is 1.89. The minimum atomic E-state index is -1.06. The number of nitrogens with zero attached hydrogens (tertiary/aromatic N) is 2. The van der Waals surface area contributed by atoms with Crippen LogP contribution in [0.15, 0.2) is 30.3 Å². The molecule has 0 aromatic heterocycles. The number of hydrazine groups is 1. The van der Waals surface area contributed by atoms with E-state index < -0.39 is 12.0 Å². The summed E-state index contributed by atoms with van der Waals surface area (Å²) < 4.78 is 5.19. The monoisotopic (exact) mass is 279 g/mol. The summed E-state index contributed by atoms with van der Waals surface area (Å²) in [7, 11) is 0. The number of carbonyl (C=O) groups excluding carboxylic acids is 1. The van der Waals surface area contributed by atoms with Gasteiger partial charge in [0, 0.05) is 18.8 Å². The highest BCUT2D eigenvalue weighted by Crippen LogP contribution is 2.13. The van der Waals surface area contributed by atoms with Gasteiger partial charge < -0.3 is 9.84 Å². The number of urea groups is 1. The number of morpholine rings is 1. The second-order valence-electron chi connectivity index (χ2n) is 4.33. The van der Waals surface area contributed by atoms with Crippen molar-refractivity contribution < 1.29 is 19.4 Å². The van der Waals surface area contributed by atoms with E-state index in [4.69, 9.17) is 9.84 Å². The number of amides is 2. The van der Waals surface area contributed by atoms with E-state index in [-0.39, 0.29) is 6.54 Å². The zero-order valence-electron chi connectivity index (χ0n) is 11.0. The number of hydrogen-bond acceptors (Lipinski definition) is 4. The third kappa shape index (κ3) is 3.94. The smallest absolute Gasteiger partial charge is 0.336 e. The van der Waals surface area contributed by atoms with Gasteiger partial charge in [0.25, 0.3) is 0 Å². The lowest BCUT2D eigenvalue weighted by atomic mass is 10.3. The summed E-state index contributed by atoms with van der Waals surface area (Å²) in [5, 5.41) is 10.7. The molecular formula is C13H17N3O4. The first-order valence-corrected chi connectivity index (χ1v) is 6.34. The van der Waals surface area contributed by atoms with Gasteiger partial charge in [-0.2, -0.15) is 0 Å². The highest BCUT2D eigenvalue weighted by molar-refractivity contribution is 5.95. The van der Waals surface area contributed by atoms with Crippen LogP contribution >= 0.6 is 0 Å². The van der Waals surface area contributed by atoms with Gasteiger partial charge >= 0.3 is 12.0 Å². The fourth-order valence-electron chi connectivity index (χ4n) is 1.89. The van der Waals surface area contributed by atoms with Crippen molar-refractivity contribution in [2.45, 2.75) is 0 Å². The number of nitrogens with one attached hydrogen (secondary N) is 1. The molecule has 1 fully saturated rings. The van der Waals surface area contributed by atoms with Crippen molar-refractivity contribution in [1.82, 2.24) is 10.4 Å². The van der Waals surface area contributed by atoms with Crippen LogP contribution in [0.3, 0.4) is 0 Å². The van der Waals surface area contributed by atoms with E-state index >= 15 is 0 Å². The quantitative estimate of drug-likeness (QED) is 0.840. The molecule has 1 saturated heterocycles. The number of hydrogen-bond donors (Lipinski definition) is 2. The van der Waals surface area contributed by atoms with Crippen LogP contribution in [-0.2, 0) is 9.53 Å². The molecule has 2 N–H and O–H groups in total. The van der Waals surface area contributed by atoms with Gasteiger partial charge in [-0.05, 0) is 12.1 Å². The lowest BCUT2D eigenvalue weighted by molar-refractivity contribution is -0.135. The molecule has 0 saturated carbocycles. The van der Waals surface area contributed by atoms with E-state index in [1.807, 2.05) is 6.07 Å². The third-order valence-electron chi connectivity index (χ3n) is 2.87. The molecule has 1 heterocycles. The average molecular weight is 279 g/mol. The number of ether oxygens (including phenoxy) is 1. The Balaban J connectivity index is 2.05. The van der Waals surface area contributed by atoms with Crippen LogP contribution in [0, 0.1) is 0 Å². The normalized spacial score (nSPS) is 15.6. The Morgan fingerprint density at radius 2 is 1.90 bits per heavy atom. The molecule has 1 aliphatic rings. The number of benzene rings is 1. The summed E-state index contributed by atoms with van der Waals surface area (Å²) in [6, 6.07) is 8.25. The van der Waals surface area contributed by atoms with Crippen molar-refractivity contribution in [1.29, 1.82) is 0 Å². The minimum Gasteiger partial charge on any atom is -0.480 e. The summed E-state index contributed by atoms with van der Waals surface area (Å²) in [5.41, 5.74) is 3.24. The van der Waals surface area contributed by atoms with Gasteiger partial charge in [-0.1, -0.05) is 18.2 Å². The van der Waals surface area contributed by atoms with E-state index in [9.17, 15) is 9.59 Å². The summed E-state index contributed by atoms with van der Waals surface area (Å²) in [4.78, 5) is 24.3. The van der Waals surface area contributed by atoms with Crippen molar-refractivity contribution in [2.24, 2.45) is 0 Å². The maximum absolute atomic E-state index is 12.2. The molecule has 0 aliphatic carbocycles. The number of para-hydroxylation sites is 1. The molecule has 1 aromatic carbocycles. The van der Waals surface area contributed by atoms with Gasteiger partial charge in [0.05, 0.1) is 13.2 Å². The average Bonchev–Trinajstić information content (AvgIpc) is 2.46.